The van der Waals surface area contributed by atoms with Gasteiger partial charge in [-0.25, -0.2) is 8.42 Å². The molecular weight excluding hydrogens is 274 g/mol. The fourth-order valence-electron chi connectivity index (χ4n) is 1.80. The first-order valence-electron chi connectivity index (χ1n) is 6.19. The molecule has 20 heavy (non-hydrogen) atoms. The number of aryl methyl sites for hydroxylation is 1. The lowest BCUT2D eigenvalue weighted by atomic mass is 10.2. The average molecular weight is 289 g/mol. The van der Waals surface area contributed by atoms with Gasteiger partial charge in [0.15, 0.2) is 0 Å². The Morgan fingerprint density at radius 2 is 1.75 bits per heavy atom. The van der Waals surface area contributed by atoms with Crippen LogP contribution in [0.25, 0.3) is 0 Å². The maximum Gasteiger partial charge on any atom is 0.233 e. The summed E-state index contributed by atoms with van der Waals surface area (Å²) in [6.07, 6.45) is 1.13. The molecule has 0 bridgehead atoms. The highest BCUT2D eigenvalue weighted by Crippen LogP contribution is 2.12. The molecule has 0 heterocycles. The fourth-order valence-corrected chi connectivity index (χ4v) is 2.90. The van der Waals surface area contributed by atoms with E-state index in [1.807, 2.05) is 30.3 Å². The summed E-state index contributed by atoms with van der Waals surface area (Å²) in [5.41, 5.74) is 1.82. The molecule has 0 aliphatic heterocycles. The van der Waals surface area contributed by atoms with Gasteiger partial charge in [-0.15, -0.1) is 0 Å². The molecule has 0 aliphatic carbocycles. The third-order valence-electron chi connectivity index (χ3n) is 2.80. The van der Waals surface area contributed by atoms with E-state index in [9.17, 15) is 13.2 Å². The molecule has 0 amide bonds. The lowest BCUT2D eigenvalue weighted by molar-refractivity contribution is 0.112. The van der Waals surface area contributed by atoms with Gasteiger partial charge < -0.3 is 0 Å². The van der Waals surface area contributed by atoms with Crippen LogP contribution in [0.3, 0.4) is 0 Å². The Bertz CT molecular complexity index is 681. The highest BCUT2D eigenvalue weighted by molar-refractivity contribution is 7.92. The van der Waals surface area contributed by atoms with Crippen molar-refractivity contribution in [3.05, 3.63) is 65.7 Å². The van der Waals surface area contributed by atoms with Gasteiger partial charge in [0, 0.05) is 11.3 Å². The second-order valence-electron chi connectivity index (χ2n) is 4.40. The van der Waals surface area contributed by atoms with Crippen LogP contribution in [0, 0.1) is 0 Å². The monoisotopic (exact) mass is 289 g/mol. The summed E-state index contributed by atoms with van der Waals surface area (Å²) in [5.74, 6) is 0.00231. The van der Waals surface area contributed by atoms with Gasteiger partial charge in [-0.1, -0.05) is 42.5 Å². The Morgan fingerprint density at radius 3 is 2.45 bits per heavy atom. The van der Waals surface area contributed by atoms with E-state index in [2.05, 4.69) is 4.72 Å². The van der Waals surface area contributed by atoms with Crippen LogP contribution in [0.15, 0.2) is 54.6 Å². The van der Waals surface area contributed by atoms with Crippen LogP contribution in [-0.2, 0) is 16.4 Å². The van der Waals surface area contributed by atoms with Crippen LogP contribution >= 0.6 is 0 Å². The molecule has 4 nitrogen and oxygen atoms in total. The van der Waals surface area contributed by atoms with E-state index in [1.54, 1.807) is 18.2 Å². The summed E-state index contributed by atoms with van der Waals surface area (Å²) < 4.78 is 26.4. The van der Waals surface area contributed by atoms with Crippen LogP contribution in [0.5, 0.6) is 0 Å². The van der Waals surface area contributed by atoms with E-state index < -0.39 is 10.0 Å². The van der Waals surface area contributed by atoms with E-state index in [1.165, 1.54) is 6.07 Å². The molecule has 0 aliphatic rings. The fraction of sp³-hybridized carbons (Fsp3) is 0.133. The minimum atomic E-state index is -3.42. The van der Waals surface area contributed by atoms with Crippen molar-refractivity contribution in [3.8, 4) is 0 Å². The van der Waals surface area contributed by atoms with Crippen molar-refractivity contribution in [3.63, 3.8) is 0 Å². The van der Waals surface area contributed by atoms with Crippen LogP contribution in [-0.4, -0.2) is 20.5 Å². The molecule has 2 aromatic rings. The van der Waals surface area contributed by atoms with Crippen LogP contribution < -0.4 is 4.72 Å². The number of benzene rings is 2. The van der Waals surface area contributed by atoms with E-state index >= 15 is 0 Å². The molecule has 2 aromatic carbocycles. The lowest BCUT2D eigenvalue weighted by Gasteiger charge is -2.08. The molecule has 0 atom stereocenters. The van der Waals surface area contributed by atoms with E-state index in [0.29, 0.717) is 24.0 Å². The van der Waals surface area contributed by atoms with Gasteiger partial charge in [0.05, 0.1) is 5.75 Å². The van der Waals surface area contributed by atoms with Crippen molar-refractivity contribution >= 4 is 22.0 Å². The third kappa shape index (κ3) is 4.20. The number of aldehydes is 1. The topological polar surface area (TPSA) is 63.2 Å². The number of anilines is 1. The number of hydrogen-bond acceptors (Lipinski definition) is 3. The highest BCUT2D eigenvalue weighted by atomic mass is 32.2. The zero-order chi connectivity index (χ0) is 14.4. The molecule has 2 rings (SSSR count). The Morgan fingerprint density at radius 1 is 1.00 bits per heavy atom. The van der Waals surface area contributed by atoms with Gasteiger partial charge in [-0.2, -0.15) is 0 Å². The molecule has 0 unspecified atom stereocenters. The quantitative estimate of drug-likeness (QED) is 0.831. The first kappa shape index (κ1) is 14.3. The summed E-state index contributed by atoms with van der Waals surface area (Å²) in [6, 6.07) is 15.8. The predicted octanol–water partition coefficient (Wildman–Crippen LogP) is 2.48. The van der Waals surface area contributed by atoms with E-state index in [0.717, 1.165) is 5.56 Å². The zero-order valence-electron chi connectivity index (χ0n) is 10.8. The number of rotatable bonds is 6. The molecule has 0 spiro atoms. The minimum absolute atomic E-state index is 0.00231. The number of sulfonamides is 1. The maximum atomic E-state index is 12.0. The molecule has 1 N–H and O–H groups in total. The van der Waals surface area contributed by atoms with Crippen molar-refractivity contribution in [2.75, 3.05) is 10.5 Å². The van der Waals surface area contributed by atoms with Gasteiger partial charge in [0.25, 0.3) is 0 Å². The van der Waals surface area contributed by atoms with Crippen molar-refractivity contribution < 1.29 is 13.2 Å². The second kappa shape index (κ2) is 6.34. The van der Waals surface area contributed by atoms with E-state index in [-0.39, 0.29) is 5.75 Å². The highest BCUT2D eigenvalue weighted by Gasteiger charge is 2.10. The standard InChI is InChI=1S/C15H15NO3S/c17-12-14-7-4-8-15(11-14)16-20(18,19)10-9-13-5-2-1-3-6-13/h1-8,11-12,16H,9-10H2. The Kier molecular flexibility index (Phi) is 4.53. The SMILES string of the molecule is O=Cc1cccc(NS(=O)(=O)CCc2ccccc2)c1. The molecule has 104 valence electrons. The summed E-state index contributed by atoms with van der Waals surface area (Å²) in [6.45, 7) is 0. The summed E-state index contributed by atoms with van der Waals surface area (Å²) >= 11 is 0. The second-order valence-corrected chi connectivity index (χ2v) is 6.24. The largest absolute Gasteiger partial charge is 0.298 e. The Balaban J connectivity index is 2.02. The van der Waals surface area contributed by atoms with Crippen LogP contribution in [0.2, 0.25) is 0 Å². The van der Waals surface area contributed by atoms with Gasteiger partial charge >= 0.3 is 0 Å². The van der Waals surface area contributed by atoms with Gasteiger partial charge in [-0.05, 0) is 24.1 Å². The molecule has 0 aromatic heterocycles. The smallest absolute Gasteiger partial charge is 0.233 e. The lowest BCUT2D eigenvalue weighted by Crippen LogP contribution is -2.18. The Hall–Kier alpha value is -2.14. The molecule has 0 saturated heterocycles. The first-order chi connectivity index (χ1) is 9.59. The minimum Gasteiger partial charge on any atom is -0.298 e. The van der Waals surface area contributed by atoms with Gasteiger partial charge in [0.2, 0.25) is 10.0 Å². The number of carbonyl (C=O) groups excluding carboxylic acids is 1. The summed E-state index contributed by atoms with van der Waals surface area (Å²) in [7, 11) is -3.42. The van der Waals surface area contributed by atoms with Crippen molar-refractivity contribution in [1.82, 2.24) is 0 Å². The molecule has 0 radical (unpaired) electrons. The van der Waals surface area contributed by atoms with Crippen molar-refractivity contribution in [2.45, 2.75) is 6.42 Å². The van der Waals surface area contributed by atoms with Crippen LogP contribution in [0.1, 0.15) is 15.9 Å². The van der Waals surface area contributed by atoms with E-state index in [4.69, 9.17) is 0 Å². The van der Waals surface area contributed by atoms with Gasteiger partial charge in [-0.3, -0.25) is 9.52 Å². The summed E-state index contributed by atoms with van der Waals surface area (Å²) in [5, 5.41) is 0. The van der Waals surface area contributed by atoms with Crippen molar-refractivity contribution in [1.29, 1.82) is 0 Å². The van der Waals surface area contributed by atoms with Gasteiger partial charge in [0.1, 0.15) is 6.29 Å². The summed E-state index contributed by atoms with van der Waals surface area (Å²) in [4.78, 5) is 10.7. The average Bonchev–Trinajstić information content (AvgIpc) is 2.46. The normalized spacial score (nSPS) is 11.0. The molecule has 0 fully saturated rings. The molecule has 0 saturated carbocycles. The number of carbonyl (C=O) groups is 1. The number of nitrogens with one attached hydrogen (secondary N) is 1. The van der Waals surface area contributed by atoms with Crippen molar-refractivity contribution in [2.24, 2.45) is 0 Å². The first-order valence-corrected chi connectivity index (χ1v) is 7.84. The Labute approximate surface area is 118 Å². The third-order valence-corrected chi connectivity index (χ3v) is 4.09. The zero-order valence-corrected chi connectivity index (χ0v) is 11.6. The van der Waals surface area contributed by atoms with Crippen LogP contribution in [0.4, 0.5) is 5.69 Å². The molecule has 5 heteroatoms. The maximum absolute atomic E-state index is 12.0. The number of hydrogen-bond donors (Lipinski definition) is 1. The predicted molar refractivity (Wildman–Crippen MR) is 79.4 cm³/mol. The molecular formula is C15H15NO3S.